The second-order valence-electron chi connectivity index (χ2n) is 18.4. The molecule has 432 valence electrons. The predicted molar refractivity (Wildman–Crippen MR) is 265 cm³/mol. The van der Waals surface area contributed by atoms with Crippen molar-refractivity contribution < 1.29 is 97.5 Å². The normalized spacial score (nSPS) is 16.0. The molecule has 0 bridgehead atoms. The first-order valence-corrected chi connectivity index (χ1v) is 24.6. The van der Waals surface area contributed by atoms with Gasteiger partial charge in [0.25, 0.3) is 0 Å². The monoisotopic (exact) mass is 1120 g/mol. The van der Waals surface area contributed by atoms with E-state index in [0.29, 0.717) is 6.42 Å². The Labute approximate surface area is 446 Å². The molecule has 0 saturated carbocycles. The van der Waals surface area contributed by atoms with Gasteiger partial charge in [0.1, 0.15) is 48.3 Å². The third kappa shape index (κ3) is 24.7. The van der Waals surface area contributed by atoms with Crippen LogP contribution >= 0.6 is 12.6 Å². The van der Waals surface area contributed by atoms with Gasteiger partial charge < -0.3 is 89.3 Å². The molecule has 32 nitrogen and oxygen atoms in total. The molecule has 0 radical (unpaired) electrons. The summed E-state index contributed by atoms with van der Waals surface area (Å²) in [6, 6.07) is -13.3. The molecule has 0 spiro atoms. The highest BCUT2D eigenvalue weighted by Gasteiger charge is 2.38. The zero-order chi connectivity index (χ0) is 58.9. The Bertz CT molecular complexity index is 2200. The second kappa shape index (κ2) is 33.4. The van der Waals surface area contributed by atoms with Crippen LogP contribution in [0, 0.1) is 11.8 Å². The van der Waals surface area contributed by atoms with Gasteiger partial charge in [-0.25, -0.2) is 4.79 Å². The van der Waals surface area contributed by atoms with Crippen LogP contribution in [0.1, 0.15) is 79.6 Å². The van der Waals surface area contributed by atoms with E-state index in [4.69, 9.17) is 10.8 Å². The fraction of sp³-hybridized carbons (Fsp3) is 0.659. The number of hydrogen-bond donors (Lipinski definition) is 17. The number of carbonyl (C=O) groups excluding carboxylic acids is 11. The molecule has 0 aliphatic carbocycles. The molecule has 1 aliphatic rings. The maximum Gasteiger partial charge on any atom is 0.326 e. The van der Waals surface area contributed by atoms with Gasteiger partial charge in [-0.2, -0.15) is 12.6 Å². The number of nitrogens with two attached hydrogens (primary N) is 1. The van der Waals surface area contributed by atoms with E-state index in [1.54, 1.807) is 27.7 Å². The zero-order valence-corrected chi connectivity index (χ0v) is 43.8. The summed E-state index contributed by atoms with van der Waals surface area (Å²) in [5.41, 5.74) is 5.48. The number of carboxylic acid groups (broad SMARTS) is 4. The number of rotatable bonds is 34. The summed E-state index contributed by atoms with van der Waals surface area (Å²) in [7, 11) is 0. The van der Waals surface area contributed by atoms with E-state index in [-0.39, 0.29) is 25.3 Å². The third-order valence-corrected chi connectivity index (χ3v) is 11.5. The SMILES string of the molecule is CC(C)C[C@H](NC(=O)[C@@H]1CCCN1C(=O)CNC(=O)CNC(=O)[C@H](CO)NC(=O)[C@H](CC(=O)O)NC(=O)CNC(=O)[C@H](CCC(=O)O)NC(=O)[C@H](CS)NC(=O)[C@H](C)NC(=O)[C@@H](N)CC(=O)O)C(=O)N[C@H](C(=O)O)C(C)C. The highest BCUT2D eigenvalue weighted by molar-refractivity contribution is 7.80. The number of carboxylic acids is 4. The number of likely N-dealkylation sites (tertiary alicyclic amines) is 1. The van der Waals surface area contributed by atoms with Crippen LogP contribution in [0.15, 0.2) is 0 Å². The number of aliphatic carboxylic acids is 4. The van der Waals surface area contributed by atoms with Crippen LogP contribution in [-0.4, -0.2) is 212 Å². The number of aliphatic hydroxyl groups excluding tert-OH is 1. The molecule has 1 saturated heterocycles. The summed E-state index contributed by atoms with van der Waals surface area (Å²) in [5, 5.41) is 69.0. The maximum absolute atomic E-state index is 13.4. The Balaban J connectivity index is 2.89. The molecule has 0 unspecified atom stereocenters. The van der Waals surface area contributed by atoms with Crippen LogP contribution in [0.4, 0.5) is 0 Å². The first kappa shape index (κ1) is 67.3. The Hall–Kier alpha value is -7.68. The lowest BCUT2D eigenvalue weighted by Gasteiger charge is -2.28. The van der Waals surface area contributed by atoms with Crippen LogP contribution in [0.5, 0.6) is 0 Å². The molecular weight excluding hydrogens is 1050 g/mol. The molecule has 77 heavy (non-hydrogen) atoms. The molecule has 9 atom stereocenters. The van der Waals surface area contributed by atoms with Crippen LogP contribution in [0.25, 0.3) is 0 Å². The fourth-order valence-electron chi connectivity index (χ4n) is 7.06. The zero-order valence-electron chi connectivity index (χ0n) is 42.9. The van der Waals surface area contributed by atoms with E-state index in [9.17, 15) is 92.3 Å². The Morgan fingerprint density at radius 2 is 1.12 bits per heavy atom. The summed E-state index contributed by atoms with van der Waals surface area (Å²) in [4.78, 5) is 189. The van der Waals surface area contributed by atoms with E-state index in [1.165, 1.54) is 11.8 Å². The van der Waals surface area contributed by atoms with E-state index >= 15 is 0 Å². The molecule has 0 aromatic heterocycles. The molecule has 1 aliphatic heterocycles. The lowest BCUT2D eigenvalue weighted by atomic mass is 10.00. The highest BCUT2D eigenvalue weighted by atomic mass is 32.1. The number of hydrogen-bond acceptors (Lipinski definition) is 18. The van der Waals surface area contributed by atoms with Crippen LogP contribution in [0.2, 0.25) is 0 Å². The summed E-state index contributed by atoms with van der Waals surface area (Å²) in [5.74, 6) is -17.8. The van der Waals surface area contributed by atoms with Gasteiger partial charge in [0, 0.05) is 18.7 Å². The number of thiol groups is 1. The fourth-order valence-corrected chi connectivity index (χ4v) is 7.31. The smallest absolute Gasteiger partial charge is 0.326 e. The second-order valence-corrected chi connectivity index (χ2v) is 18.7. The van der Waals surface area contributed by atoms with Gasteiger partial charge in [-0.3, -0.25) is 67.1 Å². The van der Waals surface area contributed by atoms with Crippen LogP contribution in [0.3, 0.4) is 0 Å². The quantitative estimate of drug-likeness (QED) is 0.0266. The van der Waals surface area contributed by atoms with Crippen molar-refractivity contribution in [2.24, 2.45) is 17.6 Å². The number of aliphatic hydroxyl groups is 1. The predicted octanol–water partition coefficient (Wildman–Crippen LogP) is -7.41. The van der Waals surface area contributed by atoms with Crippen LogP contribution < -0.4 is 58.9 Å². The van der Waals surface area contributed by atoms with Gasteiger partial charge in [-0.05, 0) is 44.4 Å². The van der Waals surface area contributed by atoms with Gasteiger partial charge in [-0.1, -0.05) is 27.7 Å². The maximum atomic E-state index is 13.4. The molecule has 33 heteroatoms. The lowest BCUT2D eigenvalue weighted by Crippen LogP contribution is -2.58. The minimum atomic E-state index is -1.97. The first-order chi connectivity index (χ1) is 35.9. The summed E-state index contributed by atoms with van der Waals surface area (Å²) in [6.45, 7) is 4.42. The number of carbonyl (C=O) groups is 15. The van der Waals surface area contributed by atoms with Crippen molar-refractivity contribution in [1.29, 1.82) is 0 Å². The summed E-state index contributed by atoms with van der Waals surface area (Å²) >= 11 is 3.99. The summed E-state index contributed by atoms with van der Waals surface area (Å²) < 4.78 is 0. The average molecular weight is 1120 g/mol. The number of nitrogens with one attached hydrogen (secondary N) is 10. The van der Waals surface area contributed by atoms with Gasteiger partial charge in [0.15, 0.2) is 0 Å². The molecule has 11 amide bonds. The van der Waals surface area contributed by atoms with E-state index in [1.807, 2.05) is 10.6 Å². The largest absolute Gasteiger partial charge is 0.481 e. The van der Waals surface area contributed by atoms with Crippen LogP contribution in [-0.2, 0) is 71.9 Å². The molecule has 1 heterocycles. The topological polar surface area (TPSA) is 507 Å². The van der Waals surface area contributed by atoms with E-state index in [2.05, 4.69) is 55.2 Å². The van der Waals surface area contributed by atoms with Gasteiger partial charge in [0.05, 0.1) is 45.1 Å². The van der Waals surface area contributed by atoms with Gasteiger partial charge in [0.2, 0.25) is 65.0 Å². The van der Waals surface area contributed by atoms with Crippen molar-refractivity contribution >= 4 is 101 Å². The Kier molecular flexibility index (Phi) is 29.2. The molecule has 0 aromatic rings. The highest BCUT2D eigenvalue weighted by Crippen LogP contribution is 2.19. The number of amides is 11. The minimum Gasteiger partial charge on any atom is -0.481 e. The third-order valence-electron chi connectivity index (χ3n) is 11.2. The molecule has 1 rings (SSSR count). The van der Waals surface area contributed by atoms with Crippen molar-refractivity contribution in [3.05, 3.63) is 0 Å². The van der Waals surface area contributed by atoms with E-state index in [0.717, 1.165) is 0 Å². The van der Waals surface area contributed by atoms with Crippen molar-refractivity contribution in [2.45, 2.75) is 134 Å². The molecular formula is C44H70N12O20S. The van der Waals surface area contributed by atoms with Crippen molar-refractivity contribution in [3.8, 4) is 0 Å². The minimum absolute atomic E-state index is 0.105. The van der Waals surface area contributed by atoms with Gasteiger partial charge in [-0.15, -0.1) is 0 Å². The Morgan fingerprint density at radius 3 is 1.65 bits per heavy atom. The molecule has 1 fully saturated rings. The van der Waals surface area contributed by atoms with Crippen molar-refractivity contribution in [1.82, 2.24) is 58.1 Å². The molecule has 0 aromatic carbocycles. The molecule has 17 N–H and O–H groups in total. The van der Waals surface area contributed by atoms with E-state index < -0.39 is 207 Å². The standard InChI is InChI=1S/C44H70N12O20S/c1-19(2)11-24(41(72)55-35(20(3)4)44(75)76)52-43(74)28-7-6-10-56(28)31(60)16-46-29(58)14-47-39(70)26(17-57)53-40(71)25(13-34(65)66)50-30(59)15-48-38(69)23(8-9-32(61)62)51-42(73)27(18-77)54-36(67)21(5)49-37(68)22(45)12-33(63)64/h19-28,35,57,77H,6-18,45H2,1-5H3,(H,46,58)(H,47,70)(H,48,69)(H,49,68)(H,50,59)(H,51,73)(H,52,74)(H,53,71)(H,54,67)(H,55,72)(H,61,62)(H,63,64)(H,65,66)(H,75,76)/t21-,22-,23-,24-,25-,26-,27-,28-,35-/m0/s1. The van der Waals surface area contributed by atoms with Gasteiger partial charge >= 0.3 is 23.9 Å². The van der Waals surface area contributed by atoms with Crippen molar-refractivity contribution in [3.63, 3.8) is 0 Å². The van der Waals surface area contributed by atoms with Crippen molar-refractivity contribution in [2.75, 3.05) is 38.5 Å². The average Bonchev–Trinajstić information content (AvgIpc) is 3.84. The first-order valence-electron chi connectivity index (χ1n) is 24.0. The lowest BCUT2D eigenvalue weighted by molar-refractivity contribution is -0.144. The Morgan fingerprint density at radius 1 is 0.571 bits per heavy atom. The summed E-state index contributed by atoms with van der Waals surface area (Å²) in [6.07, 6.45) is -2.42. The number of nitrogens with zero attached hydrogens (tertiary/aromatic N) is 1.